The summed E-state index contributed by atoms with van der Waals surface area (Å²) < 4.78 is 5.32. The molecule has 0 spiro atoms. The maximum atomic E-state index is 13.0. The molecule has 0 aliphatic carbocycles. The quantitative estimate of drug-likeness (QED) is 0.708. The summed E-state index contributed by atoms with van der Waals surface area (Å²) in [6, 6.07) is 7.86. The molecule has 2 aliphatic heterocycles. The Labute approximate surface area is 188 Å². The van der Waals surface area contributed by atoms with Gasteiger partial charge >= 0.3 is 0 Å². The van der Waals surface area contributed by atoms with Crippen LogP contribution in [0.5, 0.6) is 5.75 Å². The molecule has 2 aliphatic rings. The predicted molar refractivity (Wildman–Crippen MR) is 122 cm³/mol. The first-order valence-electron chi connectivity index (χ1n) is 11.1. The molecule has 1 aromatic carbocycles. The van der Waals surface area contributed by atoms with Crippen LogP contribution in [0.25, 0.3) is 0 Å². The van der Waals surface area contributed by atoms with Crippen LogP contribution in [0.1, 0.15) is 41.9 Å². The number of anilines is 2. The lowest BCUT2D eigenvalue weighted by atomic mass is 10.2. The molecule has 0 unspecified atom stereocenters. The minimum Gasteiger partial charge on any atom is -0.497 e. The van der Waals surface area contributed by atoms with E-state index in [1.54, 1.807) is 14.0 Å². The highest BCUT2D eigenvalue weighted by molar-refractivity contribution is 5.98. The number of amides is 2. The summed E-state index contributed by atoms with van der Waals surface area (Å²) in [6.07, 6.45) is 0.888. The number of fused-ring (bicyclic) bond motifs is 1. The number of carbonyl (C=O) groups is 2. The smallest absolute Gasteiger partial charge is 0.273 e. The van der Waals surface area contributed by atoms with Crippen molar-refractivity contribution in [2.75, 3.05) is 50.1 Å². The average molecular weight is 439 g/mol. The van der Waals surface area contributed by atoms with E-state index in [0.717, 1.165) is 23.3 Å². The van der Waals surface area contributed by atoms with Gasteiger partial charge in [-0.15, -0.1) is 0 Å². The summed E-state index contributed by atoms with van der Waals surface area (Å²) in [5, 5.41) is 3.43. The minimum absolute atomic E-state index is 0.0442. The highest BCUT2D eigenvalue weighted by atomic mass is 16.5. The molecule has 0 bridgehead atoms. The molecular weight excluding hydrogens is 408 g/mol. The number of aromatic nitrogens is 2. The monoisotopic (exact) mass is 438 g/mol. The number of rotatable bonds is 7. The first-order chi connectivity index (χ1) is 15.5. The van der Waals surface area contributed by atoms with Gasteiger partial charge in [-0.25, -0.2) is 4.98 Å². The average Bonchev–Trinajstić information content (AvgIpc) is 3.13. The van der Waals surface area contributed by atoms with Gasteiger partial charge in [0.05, 0.1) is 13.7 Å². The zero-order chi connectivity index (χ0) is 22.7. The van der Waals surface area contributed by atoms with Crippen LogP contribution in [0.2, 0.25) is 0 Å². The molecule has 2 aromatic rings. The van der Waals surface area contributed by atoms with Crippen molar-refractivity contribution in [3.05, 3.63) is 41.1 Å². The zero-order valence-electron chi connectivity index (χ0n) is 18.9. The zero-order valence-corrected chi connectivity index (χ0v) is 18.9. The number of nitrogens with zero attached hydrogens (tertiary/aromatic N) is 5. The Hall–Kier alpha value is -3.36. The maximum absolute atomic E-state index is 13.0. The van der Waals surface area contributed by atoms with Crippen LogP contribution in [-0.4, -0.2) is 71.4 Å². The third-order valence-corrected chi connectivity index (χ3v) is 5.93. The summed E-state index contributed by atoms with van der Waals surface area (Å²) in [5.41, 5.74) is 2.38. The number of benzene rings is 1. The standard InChI is InChI=1S/C23H30N6O3/c1-4-8-29-15-19-20(22(29)31)25-23(28-11-9-27(10-12-28)16(2)30)26-21(19)24-14-17-6-5-7-18(13-17)32-3/h5-7,13H,4,8-12,14-15H2,1-3H3,(H,24,25,26). The SMILES string of the molecule is CCCN1Cc2c(NCc3cccc(OC)c3)nc(N3CCN(C(C)=O)CC3)nc2C1=O. The highest BCUT2D eigenvalue weighted by Gasteiger charge is 2.33. The fourth-order valence-corrected chi connectivity index (χ4v) is 4.14. The number of carbonyl (C=O) groups excluding carboxylic acids is 2. The van der Waals surface area contributed by atoms with E-state index in [1.807, 2.05) is 39.0 Å². The number of nitrogens with one attached hydrogen (secondary N) is 1. The Balaban J connectivity index is 1.60. The second-order valence-corrected chi connectivity index (χ2v) is 8.12. The van der Waals surface area contributed by atoms with Gasteiger partial charge in [0.25, 0.3) is 5.91 Å². The molecule has 2 amide bonds. The van der Waals surface area contributed by atoms with Gasteiger partial charge in [0, 0.05) is 51.8 Å². The van der Waals surface area contributed by atoms with E-state index in [2.05, 4.69) is 17.2 Å². The van der Waals surface area contributed by atoms with Crippen LogP contribution in [-0.2, 0) is 17.9 Å². The molecule has 0 atom stereocenters. The Kier molecular flexibility index (Phi) is 6.43. The molecule has 9 heteroatoms. The Morgan fingerprint density at radius 1 is 1.19 bits per heavy atom. The predicted octanol–water partition coefficient (Wildman–Crippen LogP) is 2.13. The summed E-state index contributed by atoms with van der Waals surface area (Å²) >= 11 is 0. The molecule has 1 aromatic heterocycles. The Bertz CT molecular complexity index is 1000. The number of methoxy groups -OCH3 is 1. The van der Waals surface area contributed by atoms with Crippen molar-refractivity contribution >= 4 is 23.6 Å². The lowest BCUT2D eigenvalue weighted by molar-refractivity contribution is -0.129. The van der Waals surface area contributed by atoms with Crippen LogP contribution >= 0.6 is 0 Å². The van der Waals surface area contributed by atoms with Crippen molar-refractivity contribution in [1.82, 2.24) is 19.8 Å². The van der Waals surface area contributed by atoms with Gasteiger partial charge in [-0.2, -0.15) is 4.98 Å². The first kappa shape index (κ1) is 21.9. The normalized spacial score (nSPS) is 15.7. The van der Waals surface area contributed by atoms with Crippen LogP contribution < -0.4 is 15.0 Å². The molecular formula is C23H30N6O3. The number of piperazine rings is 1. The van der Waals surface area contributed by atoms with Gasteiger partial charge in [0.2, 0.25) is 11.9 Å². The molecule has 1 fully saturated rings. The van der Waals surface area contributed by atoms with Crippen LogP contribution in [0.4, 0.5) is 11.8 Å². The van der Waals surface area contributed by atoms with E-state index in [0.29, 0.717) is 63.3 Å². The van der Waals surface area contributed by atoms with E-state index >= 15 is 0 Å². The molecule has 32 heavy (non-hydrogen) atoms. The van der Waals surface area contributed by atoms with Crippen molar-refractivity contribution < 1.29 is 14.3 Å². The number of hydrogen-bond acceptors (Lipinski definition) is 7. The summed E-state index contributed by atoms with van der Waals surface area (Å²) in [7, 11) is 1.65. The van der Waals surface area contributed by atoms with E-state index in [-0.39, 0.29) is 11.8 Å². The van der Waals surface area contributed by atoms with E-state index in [9.17, 15) is 9.59 Å². The van der Waals surface area contributed by atoms with Crippen molar-refractivity contribution in [2.24, 2.45) is 0 Å². The summed E-state index contributed by atoms with van der Waals surface area (Å²) in [5.74, 6) is 2.05. The fourth-order valence-electron chi connectivity index (χ4n) is 4.14. The van der Waals surface area contributed by atoms with Gasteiger partial charge in [-0.3, -0.25) is 9.59 Å². The Morgan fingerprint density at radius 3 is 2.66 bits per heavy atom. The lowest BCUT2D eigenvalue weighted by Crippen LogP contribution is -2.48. The topological polar surface area (TPSA) is 90.9 Å². The first-order valence-corrected chi connectivity index (χ1v) is 11.1. The molecule has 0 saturated carbocycles. The number of hydrogen-bond donors (Lipinski definition) is 1. The van der Waals surface area contributed by atoms with Crippen molar-refractivity contribution in [3.63, 3.8) is 0 Å². The second-order valence-electron chi connectivity index (χ2n) is 8.12. The van der Waals surface area contributed by atoms with Gasteiger partial charge in [-0.1, -0.05) is 19.1 Å². The molecule has 1 N–H and O–H groups in total. The molecule has 3 heterocycles. The van der Waals surface area contributed by atoms with Crippen LogP contribution in [0.3, 0.4) is 0 Å². The van der Waals surface area contributed by atoms with Crippen molar-refractivity contribution in [2.45, 2.75) is 33.4 Å². The van der Waals surface area contributed by atoms with Gasteiger partial charge < -0.3 is 24.8 Å². The largest absolute Gasteiger partial charge is 0.497 e. The third-order valence-electron chi connectivity index (χ3n) is 5.93. The third kappa shape index (κ3) is 4.46. The molecule has 4 rings (SSSR count). The van der Waals surface area contributed by atoms with E-state index < -0.39 is 0 Å². The van der Waals surface area contributed by atoms with Gasteiger partial charge in [0.15, 0.2) is 0 Å². The Morgan fingerprint density at radius 2 is 1.97 bits per heavy atom. The molecule has 170 valence electrons. The van der Waals surface area contributed by atoms with E-state index in [1.165, 1.54) is 0 Å². The van der Waals surface area contributed by atoms with Crippen LogP contribution in [0.15, 0.2) is 24.3 Å². The van der Waals surface area contributed by atoms with Gasteiger partial charge in [-0.05, 0) is 24.1 Å². The second kappa shape index (κ2) is 9.42. The van der Waals surface area contributed by atoms with Crippen molar-refractivity contribution in [1.29, 1.82) is 0 Å². The highest BCUT2D eigenvalue weighted by Crippen LogP contribution is 2.30. The molecule has 1 saturated heterocycles. The molecule has 0 radical (unpaired) electrons. The maximum Gasteiger partial charge on any atom is 0.273 e. The molecule has 9 nitrogen and oxygen atoms in total. The van der Waals surface area contributed by atoms with Crippen LogP contribution in [0, 0.1) is 0 Å². The fraction of sp³-hybridized carbons (Fsp3) is 0.478. The van der Waals surface area contributed by atoms with E-state index in [4.69, 9.17) is 9.72 Å². The summed E-state index contributed by atoms with van der Waals surface area (Å²) in [4.78, 5) is 39.8. The van der Waals surface area contributed by atoms with Crippen molar-refractivity contribution in [3.8, 4) is 5.75 Å². The summed E-state index contributed by atoms with van der Waals surface area (Å²) in [6.45, 7) is 7.93. The lowest BCUT2D eigenvalue weighted by Gasteiger charge is -2.34. The van der Waals surface area contributed by atoms with Gasteiger partial charge in [0.1, 0.15) is 17.3 Å². The minimum atomic E-state index is -0.0442. The number of ether oxygens (including phenoxy) is 1.